The van der Waals surface area contributed by atoms with Gasteiger partial charge in [-0.25, -0.2) is 0 Å². The van der Waals surface area contributed by atoms with Crippen molar-refractivity contribution in [1.29, 1.82) is 0 Å². The molecule has 1 fully saturated rings. The fourth-order valence-corrected chi connectivity index (χ4v) is 5.07. The third-order valence-corrected chi connectivity index (χ3v) is 5.97. The number of hydrogen-bond acceptors (Lipinski definition) is 1. The van der Waals surface area contributed by atoms with Crippen molar-refractivity contribution in [3.05, 3.63) is 0 Å². The summed E-state index contributed by atoms with van der Waals surface area (Å²) in [4.78, 5) is 0. The molecule has 0 aliphatic carbocycles. The Morgan fingerprint density at radius 1 is 1.70 bits per heavy atom. The highest BCUT2D eigenvalue weighted by molar-refractivity contribution is 9.09. The molecule has 0 amide bonds. The predicted molar refractivity (Wildman–Crippen MR) is 48.7 cm³/mol. The minimum Gasteiger partial charge on any atom is -0.490 e. The monoisotopic (exact) mass is 220 g/mol. The molecule has 10 heavy (non-hydrogen) atoms. The Labute approximate surface area is 76.0 Å². The highest BCUT2D eigenvalue weighted by Gasteiger charge is 2.26. The van der Waals surface area contributed by atoms with Gasteiger partial charge in [-0.2, -0.15) is 0 Å². The normalized spacial score (nSPS) is 27.0. The lowest BCUT2D eigenvalue weighted by atomic mass is 10.4. The van der Waals surface area contributed by atoms with E-state index in [-0.39, 0.29) is 0 Å². The topological polar surface area (TPSA) is 9.23 Å². The van der Waals surface area contributed by atoms with E-state index < -0.39 is 14.5 Å². The van der Waals surface area contributed by atoms with Crippen molar-refractivity contribution in [3.8, 4) is 0 Å². The van der Waals surface area contributed by atoms with Gasteiger partial charge in [0.15, 0.2) is 0 Å². The van der Waals surface area contributed by atoms with E-state index in [0.717, 1.165) is 0 Å². The van der Waals surface area contributed by atoms with Crippen LogP contribution in [0.4, 0.5) is 0 Å². The van der Waals surface area contributed by atoms with Crippen LogP contribution in [0.25, 0.3) is 0 Å². The van der Waals surface area contributed by atoms with Crippen molar-refractivity contribution in [3.63, 3.8) is 0 Å². The largest absolute Gasteiger partial charge is 0.490 e. The van der Waals surface area contributed by atoms with Crippen molar-refractivity contribution in [1.82, 2.24) is 0 Å². The molecule has 0 saturated carbocycles. The second-order valence-electron chi connectivity index (χ2n) is 2.89. The van der Waals surface area contributed by atoms with Gasteiger partial charge in [-0.05, 0) is 6.42 Å². The second-order valence-corrected chi connectivity index (χ2v) is 6.58. The zero-order chi connectivity index (χ0) is 7.40. The van der Waals surface area contributed by atoms with Crippen LogP contribution in [0.15, 0.2) is 0 Å². The molecule has 1 nitrogen and oxygen atoms in total. The summed E-state index contributed by atoms with van der Waals surface area (Å²) in [5, 5.41) is 3.15. The lowest BCUT2D eigenvalue weighted by Gasteiger charge is -2.23. The zero-order valence-electron chi connectivity index (χ0n) is 6.48. The van der Waals surface area contributed by atoms with Gasteiger partial charge in [-0.1, -0.05) is 46.3 Å². The van der Waals surface area contributed by atoms with Gasteiger partial charge in [-0.15, -0.1) is 0 Å². The fourth-order valence-electron chi connectivity index (χ4n) is 1.39. The first kappa shape index (κ1) is 9.06. The summed E-state index contributed by atoms with van der Waals surface area (Å²) in [5.41, 5.74) is 0. The van der Waals surface area contributed by atoms with Crippen LogP contribution in [0.1, 0.15) is 26.2 Å². The van der Waals surface area contributed by atoms with Gasteiger partial charge in [0.25, 0.3) is 0 Å². The van der Waals surface area contributed by atoms with E-state index in [4.69, 9.17) is 3.79 Å². The van der Waals surface area contributed by atoms with Crippen LogP contribution in [0.2, 0.25) is 10.6 Å². The van der Waals surface area contributed by atoms with Crippen LogP contribution in [0, 0.1) is 0 Å². The summed E-state index contributed by atoms with van der Waals surface area (Å²) in [6, 6.07) is 0. The predicted octanol–water partition coefficient (Wildman–Crippen LogP) is 2.92. The average molecular weight is 221 g/mol. The molecular formula is C7H14AlBrO. The number of hydrogen-bond donors (Lipinski definition) is 0. The average Bonchev–Trinajstić information content (AvgIpc) is 1.88. The maximum absolute atomic E-state index is 5.78. The van der Waals surface area contributed by atoms with E-state index in [2.05, 4.69) is 22.9 Å². The van der Waals surface area contributed by atoms with E-state index >= 15 is 0 Å². The Bertz CT molecular complexity index is 97.6. The van der Waals surface area contributed by atoms with Crippen LogP contribution in [0.3, 0.4) is 0 Å². The molecule has 0 aromatic heterocycles. The maximum atomic E-state index is 5.78. The molecule has 58 valence electrons. The number of alkyl halides is 1. The standard InChI is InChI=1S/C4H7BrO.C3H7.Al/c1-2-3-4(5)6;1-3-2;/h4H,1-3H2;1,3H2,2H3;/q-1;;+1. The van der Waals surface area contributed by atoms with Gasteiger partial charge >= 0.3 is 14.5 Å². The Morgan fingerprint density at radius 2 is 2.50 bits per heavy atom. The summed E-state index contributed by atoms with van der Waals surface area (Å²) in [5.74, 6) is 0. The lowest BCUT2D eigenvalue weighted by molar-refractivity contribution is 0.259. The maximum Gasteiger partial charge on any atom is 0.461 e. The Morgan fingerprint density at radius 3 is 3.10 bits per heavy atom. The summed E-state index contributed by atoms with van der Waals surface area (Å²) in [6.07, 6.45) is 3.90. The molecule has 0 radical (unpaired) electrons. The van der Waals surface area contributed by atoms with Crippen molar-refractivity contribution in [2.75, 3.05) is 0 Å². The van der Waals surface area contributed by atoms with Gasteiger partial charge in [0.05, 0.1) is 5.01 Å². The van der Waals surface area contributed by atoms with E-state index in [0.29, 0.717) is 5.01 Å². The van der Waals surface area contributed by atoms with Gasteiger partial charge in [0, 0.05) is 0 Å². The number of rotatable bonds is 2. The second kappa shape index (κ2) is 4.77. The molecule has 1 unspecified atom stereocenters. The van der Waals surface area contributed by atoms with Gasteiger partial charge in [-0.3, -0.25) is 0 Å². The first-order chi connectivity index (χ1) is 4.83. The summed E-state index contributed by atoms with van der Waals surface area (Å²) < 4.78 is 5.78. The molecule has 0 spiro atoms. The highest BCUT2D eigenvalue weighted by atomic mass is 79.9. The fraction of sp³-hybridized carbons (Fsp3) is 1.00. The molecule has 1 aliphatic heterocycles. The van der Waals surface area contributed by atoms with Crippen molar-refractivity contribution in [2.45, 2.75) is 41.8 Å². The molecule has 1 heterocycles. The minimum atomic E-state index is -0.731. The number of halogens is 1. The zero-order valence-corrected chi connectivity index (χ0v) is 9.22. The quantitative estimate of drug-likeness (QED) is 0.514. The molecule has 0 aromatic carbocycles. The van der Waals surface area contributed by atoms with Gasteiger partial charge in [0.1, 0.15) is 0 Å². The molecule has 1 atom stereocenters. The third-order valence-electron chi connectivity index (χ3n) is 1.91. The van der Waals surface area contributed by atoms with Crippen LogP contribution >= 0.6 is 15.9 Å². The summed E-state index contributed by atoms with van der Waals surface area (Å²) >= 11 is 2.78. The van der Waals surface area contributed by atoms with Gasteiger partial charge in [0.2, 0.25) is 0 Å². The van der Waals surface area contributed by atoms with Crippen LogP contribution in [-0.4, -0.2) is 19.5 Å². The van der Waals surface area contributed by atoms with E-state index in [1.165, 1.54) is 29.8 Å². The van der Waals surface area contributed by atoms with Crippen LogP contribution in [0.5, 0.6) is 0 Å². The minimum absolute atomic E-state index is 0.393. The van der Waals surface area contributed by atoms with E-state index in [1.54, 1.807) is 0 Å². The van der Waals surface area contributed by atoms with Crippen LogP contribution in [-0.2, 0) is 3.79 Å². The van der Waals surface area contributed by atoms with Gasteiger partial charge < -0.3 is 3.79 Å². The molecule has 1 aliphatic rings. The van der Waals surface area contributed by atoms with E-state index in [1.807, 2.05) is 0 Å². The smallest absolute Gasteiger partial charge is 0.461 e. The first-order valence-corrected chi connectivity index (χ1v) is 7.14. The Hall–Kier alpha value is 0.972. The van der Waals surface area contributed by atoms with E-state index in [9.17, 15) is 0 Å². The molecule has 0 bridgehead atoms. The molecule has 0 N–H and O–H groups in total. The molecule has 0 aromatic rings. The molecule has 3 heteroatoms. The molecule has 1 saturated heterocycles. The highest BCUT2D eigenvalue weighted by Crippen LogP contribution is 2.23. The van der Waals surface area contributed by atoms with Crippen molar-refractivity contribution in [2.24, 2.45) is 0 Å². The third kappa shape index (κ3) is 2.92. The Kier molecular flexibility index (Phi) is 4.32. The Balaban J connectivity index is 2.18. The van der Waals surface area contributed by atoms with Crippen molar-refractivity contribution >= 4 is 30.4 Å². The lowest BCUT2D eigenvalue weighted by Crippen LogP contribution is -2.26. The summed E-state index contributed by atoms with van der Waals surface area (Å²) in [6.45, 7) is 2.24. The SMILES string of the molecule is CC[CH2][Al]1[CH2]CCC(Br)[O]1. The van der Waals surface area contributed by atoms with Crippen molar-refractivity contribution < 1.29 is 3.79 Å². The van der Waals surface area contributed by atoms with Crippen LogP contribution < -0.4 is 0 Å². The first-order valence-electron chi connectivity index (χ1n) is 4.12. The molecular weight excluding hydrogens is 207 g/mol. The molecule has 1 rings (SSSR count). The summed E-state index contributed by atoms with van der Waals surface area (Å²) in [7, 11) is 0.